The second-order valence-corrected chi connectivity index (χ2v) is 5.98. The lowest BCUT2D eigenvalue weighted by molar-refractivity contribution is 0.628. The largest absolute Gasteiger partial charge is 0.377 e. The van der Waals surface area contributed by atoms with Crippen LogP contribution in [-0.4, -0.2) is 5.75 Å². The maximum atomic E-state index is 13.5. The zero-order valence-electron chi connectivity index (χ0n) is 10.2. The molecule has 2 aromatic rings. The Morgan fingerprint density at radius 1 is 1.21 bits per heavy atom. The molecular formula is C15H13ClFNS. The van der Waals surface area contributed by atoms with Crippen LogP contribution in [0, 0.1) is 5.82 Å². The van der Waals surface area contributed by atoms with Crippen molar-refractivity contribution in [1.82, 2.24) is 0 Å². The van der Waals surface area contributed by atoms with Crippen molar-refractivity contribution < 1.29 is 4.39 Å². The highest BCUT2D eigenvalue weighted by Gasteiger charge is 2.20. The second-order valence-electron chi connectivity index (χ2n) is 4.54. The number of hydrogen-bond donors (Lipinski definition) is 1. The molecule has 0 aromatic heterocycles. The molecule has 0 radical (unpaired) electrons. The molecule has 2 aromatic carbocycles. The van der Waals surface area contributed by atoms with Gasteiger partial charge in [0, 0.05) is 17.2 Å². The van der Waals surface area contributed by atoms with E-state index in [2.05, 4.69) is 23.5 Å². The van der Waals surface area contributed by atoms with Gasteiger partial charge in [0.25, 0.3) is 0 Å². The number of hydrogen-bond acceptors (Lipinski definition) is 2. The van der Waals surface area contributed by atoms with Crippen LogP contribution >= 0.6 is 23.4 Å². The summed E-state index contributed by atoms with van der Waals surface area (Å²) in [5, 5.41) is 3.54. The monoisotopic (exact) mass is 293 g/mol. The maximum absolute atomic E-state index is 13.5. The Hall–Kier alpha value is -1.19. The third kappa shape index (κ3) is 2.72. The van der Waals surface area contributed by atoms with Crippen LogP contribution in [0.15, 0.2) is 42.5 Å². The first-order valence-corrected chi connectivity index (χ1v) is 7.64. The molecule has 0 saturated carbocycles. The lowest BCUT2D eigenvalue weighted by atomic mass is 10.0. The molecule has 1 nitrogen and oxygen atoms in total. The molecule has 0 fully saturated rings. The molecule has 0 saturated heterocycles. The first kappa shape index (κ1) is 12.8. The van der Waals surface area contributed by atoms with Gasteiger partial charge >= 0.3 is 0 Å². The van der Waals surface area contributed by atoms with Gasteiger partial charge in [0.2, 0.25) is 0 Å². The van der Waals surface area contributed by atoms with Gasteiger partial charge in [0.05, 0.1) is 11.1 Å². The summed E-state index contributed by atoms with van der Waals surface area (Å²) < 4.78 is 13.5. The molecule has 98 valence electrons. The van der Waals surface area contributed by atoms with Gasteiger partial charge < -0.3 is 5.32 Å². The SMILES string of the molecule is Fc1cc(NC2CSCc3ccccc32)ccc1Cl. The predicted octanol–water partition coefficient (Wildman–Crippen LogP) is 4.88. The van der Waals surface area contributed by atoms with Crippen molar-refractivity contribution in [3.05, 3.63) is 64.4 Å². The fourth-order valence-electron chi connectivity index (χ4n) is 2.29. The highest BCUT2D eigenvalue weighted by atomic mass is 35.5. The van der Waals surface area contributed by atoms with Crippen molar-refractivity contribution >= 4 is 29.1 Å². The molecule has 0 bridgehead atoms. The van der Waals surface area contributed by atoms with Crippen molar-refractivity contribution in [2.24, 2.45) is 0 Å². The van der Waals surface area contributed by atoms with Gasteiger partial charge in [-0.05, 0) is 29.3 Å². The summed E-state index contributed by atoms with van der Waals surface area (Å²) in [6, 6.07) is 13.5. The standard InChI is InChI=1S/C15H13ClFNS/c16-13-6-5-11(7-14(13)17)18-15-9-19-8-10-3-1-2-4-12(10)15/h1-7,15,18H,8-9H2. The van der Waals surface area contributed by atoms with Crippen LogP contribution in [0.1, 0.15) is 17.2 Å². The normalized spacial score (nSPS) is 17.9. The average Bonchev–Trinajstić information content (AvgIpc) is 2.43. The Balaban J connectivity index is 1.86. The summed E-state index contributed by atoms with van der Waals surface area (Å²) in [5.41, 5.74) is 3.42. The smallest absolute Gasteiger partial charge is 0.143 e. The number of thioether (sulfide) groups is 1. The topological polar surface area (TPSA) is 12.0 Å². The van der Waals surface area contributed by atoms with Crippen LogP contribution < -0.4 is 5.32 Å². The number of nitrogens with one attached hydrogen (secondary N) is 1. The third-order valence-corrected chi connectivity index (χ3v) is 4.62. The molecule has 1 aliphatic heterocycles. The molecular weight excluding hydrogens is 281 g/mol. The zero-order valence-corrected chi connectivity index (χ0v) is 11.8. The average molecular weight is 294 g/mol. The minimum Gasteiger partial charge on any atom is -0.377 e. The summed E-state index contributed by atoms with van der Waals surface area (Å²) in [4.78, 5) is 0. The second kappa shape index (κ2) is 5.43. The van der Waals surface area contributed by atoms with E-state index >= 15 is 0 Å². The quantitative estimate of drug-likeness (QED) is 0.847. The molecule has 3 rings (SSSR count). The van der Waals surface area contributed by atoms with E-state index in [0.29, 0.717) is 0 Å². The highest BCUT2D eigenvalue weighted by molar-refractivity contribution is 7.98. The van der Waals surface area contributed by atoms with Gasteiger partial charge in [-0.1, -0.05) is 35.9 Å². The molecule has 1 aliphatic rings. The summed E-state index contributed by atoms with van der Waals surface area (Å²) in [7, 11) is 0. The van der Waals surface area contributed by atoms with Crippen LogP contribution in [0.4, 0.5) is 10.1 Å². The van der Waals surface area contributed by atoms with Crippen LogP contribution in [0.3, 0.4) is 0 Å². The minimum atomic E-state index is -0.386. The van der Waals surface area contributed by atoms with Crippen molar-refractivity contribution in [3.8, 4) is 0 Å². The number of halogens is 2. The van der Waals surface area contributed by atoms with E-state index in [0.717, 1.165) is 17.2 Å². The molecule has 0 amide bonds. The molecule has 1 unspecified atom stereocenters. The number of rotatable bonds is 2. The Labute approximate surface area is 121 Å². The van der Waals surface area contributed by atoms with Crippen molar-refractivity contribution in [1.29, 1.82) is 0 Å². The summed E-state index contributed by atoms with van der Waals surface area (Å²) >= 11 is 7.59. The minimum absolute atomic E-state index is 0.156. The van der Waals surface area contributed by atoms with Gasteiger partial charge in [-0.3, -0.25) is 0 Å². The van der Waals surface area contributed by atoms with E-state index in [1.807, 2.05) is 23.9 Å². The lowest BCUT2D eigenvalue weighted by Crippen LogP contribution is -2.18. The Morgan fingerprint density at radius 3 is 2.89 bits per heavy atom. The van der Waals surface area contributed by atoms with E-state index in [9.17, 15) is 4.39 Å². The molecule has 4 heteroatoms. The van der Waals surface area contributed by atoms with E-state index < -0.39 is 0 Å². The molecule has 0 spiro atoms. The first-order valence-electron chi connectivity index (χ1n) is 6.11. The van der Waals surface area contributed by atoms with Crippen LogP contribution in [0.2, 0.25) is 5.02 Å². The van der Waals surface area contributed by atoms with Gasteiger partial charge in [-0.25, -0.2) is 4.39 Å². The molecule has 19 heavy (non-hydrogen) atoms. The Kier molecular flexibility index (Phi) is 3.67. The Bertz CT molecular complexity index is 602. The maximum Gasteiger partial charge on any atom is 0.143 e. The molecule has 0 aliphatic carbocycles. The summed E-state index contributed by atoms with van der Waals surface area (Å²) in [6.45, 7) is 0. The van der Waals surface area contributed by atoms with Gasteiger partial charge in [-0.2, -0.15) is 11.8 Å². The molecule has 1 N–H and O–H groups in total. The van der Waals surface area contributed by atoms with Gasteiger partial charge in [0.15, 0.2) is 0 Å². The van der Waals surface area contributed by atoms with Crippen molar-refractivity contribution in [3.63, 3.8) is 0 Å². The third-order valence-electron chi connectivity index (χ3n) is 3.23. The Morgan fingerprint density at radius 2 is 2.05 bits per heavy atom. The fraction of sp³-hybridized carbons (Fsp3) is 0.200. The predicted molar refractivity (Wildman–Crippen MR) is 80.4 cm³/mol. The van der Waals surface area contributed by atoms with Gasteiger partial charge in [-0.15, -0.1) is 0 Å². The highest BCUT2D eigenvalue weighted by Crippen LogP contribution is 2.34. The summed E-state index contributed by atoms with van der Waals surface area (Å²) in [6.07, 6.45) is 0. The first-order chi connectivity index (χ1) is 9.24. The molecule has 1 atom stereocenters. The lowest BCUT2D eigenvalue weighted by Gasteiger charge is -2.27. The number of anilines is 1. The fourth-order valence-corrected chi connectivity index (χ4v) is 3.51. The van der Waals surface area contributed by atoms with E-state index in [4.69, 9.17) is 11.6 Å². The number of fused-ring (bicyclic) bond motifs is 1. The zero-order chi connectivity index (χ0) is 13.2. The van der Waals surface area contributed by atoms with E-state index in [1.165, 1.54) is 17.2 Å². The van der Waals surface area contributed by atoms with Crippen molar-refractivity contribution in [2.45, 2.75) is 11.8 Å². The molecule has 1 heterocycles. The van der Waals surface area contributed by atoms with Crippen molar-refractivity contribution in [2.75, 3.05) is 11.1 Å². The summed E-state index contributed by atoms with van der Waals surface area (Å²) in [5.74, 6) is 1.65. The van der Waals surface area contributed by atoms with Crippen LogP contribution in [0.5, 0.6) is 0 Å². The number of benzene rings is 2. The van der Waals surface area contributed by atoms with Crippen LogP contribution in [-0.2, 0) is 5.75 Å². The van der Waals surface area contributed by atoms with Crippen LogP contribution in [0.25, 0.3) is 0 Å². The van der Waals surface area contributed by atoms with E-state index in [1.54, 1.807) is 6.07 Å². The van der Waals surface area contributed by atoms with E-state index in [-0.39, 0.29) is 16.9 Å². The van der Waals surface area contributed by atoms with Gasteiger partial charge in [0.1, 0.15) is 5.82 Å².